The fourth-order valence-corrected chi connectivity index (χ4v) is 2.85. The predicted octanol–water partition coefficient (Wildman–Crippen LogP) is 2.23. The zero-order chi connectivity index (χ0) is 14.5. The van der Waals surface area contributed by atoms with Gasteiger partial charge in [-0.2, -0.15) is 0 Å². The Hall–Kier alpha value is -0.810. The molecule has 6 heteroatoms. The van der Waals surface area contributed by atoms with Crippen LogP contribution in [0.4, 0.5) is 0 Å². The Balaban J connectivity index is 0.00000220. The van der Waals surface area contributed by atoms with E-state index >= 15 is 0 Å². The molecular weight excluding hydrogens is 309 g/mol. The molecule has 2 N–H and O–H groups in total. The molecule has 0 aromatic heterocycles. The van der Waals surface area contributed by atoms with Crippen molar-refractivity contribution in [3.63, 3.8) is 0 Å². The Morgan fingerprint density at radius 3 is 2.90 bits per heavy atom. The molecule has 0 spiro atoms. The first-order chi connectivity index (χ1) is 9.56. The summed E-state index contributed by atoms with van der Waals surface area (Å²) >= 11 is 6.14. The third-order valence-electron chi connectivity index (χ3n) is 3.57. The van der Waals surface area contributed by atoms with E-state index in [-0.39, 0.29) is 24.4 Å². The van der Waals surface area contributed by atoms with Gasteiger partial charge < -0.3 is 10.6 Å². The third kappa shape index (κ3) is 5.47. The lowest BCUT2D eigenvalue weighted by Gasteiger charge is -2.31. The molecule has 0 aliphatic carbocycles. The standard InChI is InChI=1S/C15H22ClN3O.ClH/c1-11-9-19(8-7-17-11)10-15(20)18-12(2)13-5-3-4-6-14(13)16;/h3-6,11-12,17H,7-10H2,1-2H3,(H,18,20);1H. The number of rotatable bonds is 4. The SMILES string of the molecule is CC1CN(CC(=O)NC(C)c2ccccc2Cl)CCN1.Cl. The third-order valence-corrected chi connectivity index (χ3v) is 3.91. The van der Waals surface area contributed by atoms with Crippen molar-refractivity contribution < 1.29 is 4.79 Å². The Morgan fingerprint density at radius 2 is 2.24 bits per heavy atom. The van der Waals surface area contributed by atoms with E-state index in [1.807, 2.05) is 31.2 Å². The van der Waals surface area contributed by atoms with Crippen LogP contribution in [0.2, 0.25) is 5.02 Å². The van der Waals surface area contributed by atoms with Gasteiger partial charge in [-0.15, -0.1) is 12.4 Å². The van der Waals surface area contributed by atoms with Crippen LogP contribution in [0.5, 0.6) is 0 Å². The summed E-state index contributed by atoms with van der Waals surface area (Å²) in [5.74, 6) is 0.0477. The first-order valence-corrected chi connectivity index (χ1v) is 7.43. The monoisotopic (exact) mass is 331 g/mol. The summed E-state index contributed by atoms with van der Waals surface area (Å²) in [4.78, 5) is 14.3. The van der Waals surface area contributed by atoms with Crippen molar-refractivity contribution in [3.05, 3.63) is 34.9 Å². The topological polar surface area (TPSA) is 44.4 Å². The molecule has 21 heavy (non-hydrogen) atoms. The van der Waals surface area contributed by atoms with Gasteiger partial charge in [0.15, 0.2) is 0 Å². The molecule has 2 unspecified atom stereocenters. The Bertz CT molecular complexity index is 470. The number of nitrogens with one attached hydrogen (secondary N) is 2. The number of halogens is 2. The van der Waals surface area contributed by atoms with Gasteiger partial charge in [0.2, 0.25) is 5.91 Å². The van der Waals surface area contributed by atoms with Crippen LogP contribution in [0.3, 0.4) is 0 Å². The van der Waals surface area contributed by atoms with Gasteiger partial charge in [0.05, 0.1) is 12.6 Å². The molecule has 4 nitrogen and oxygen atoms in total. The van der Waals surface area contributed by atoms with E-state index in [9.17, 15) is 4.79 Å². The van der Waals surface area contributed by atoms with Gasteiger partial charge in [0.1, 0.15) is 0 Å². The number of carbonyl (C=O) groups excluding carboxylic acids is 1. The van der Waals surface area contributed by atoms with Gasteiger partial charge in [0, 0.05) is 30.7 Å². The van der Waals surface area contributed by atoms with Gasteiger partial charge in [-0.05, 0) is 25.5 Å². The quantitative estimate of drug-likeness (QED) is 0.889. The molecule has 1 aromatic carbocycles. The minimum absolute atomic E-state index is 0. The number of nitrogens with zero attached hydrogens (tertiary/aromatic N) is 1. The van der Waals surface area contributed by atoms with E-state index < -0.39 is 0 Å². The van der Waals surface area contributed by atoms with E-state index in [0.717, 1.165) is 25.2 Å². The zero-order valence-corrected chi connectivity index (χ0v) is 14.0. The number of hydrogen-bond donors (Lipinski definition) is 2. The maximum absolute atomic E-state index is 12.1. The Labute approximate surface area is 137 Å². The fraction of sp³-hybridized carbons (Fsp3) is 0.533. The molecule has 1 aliphatic rings. The molecule has 0 bridgehead atoms. The van der Waals surface area contributed by atoms with Gasteiger partial charge in [-0.25, -0.2) is 0 Å². The lowest BCUT2D eigenvalue weighted by molar-refractivity contribution is -0.123. The minimum Gasteiger partial charge on any atom is -0.348 e. The van der Waals surface area contributed by atoms with E-state index in [1.165, 1.54) is 0 Å². The van der Waals surface area contributed by atoms with Gasteiger partial charge in [-0.1, -0.05) is 29.8 Å². The largest absolute Gasteiger partial charge is 0.348 e. The molecule has 1 amide bonds. The summed E-state index contributed by atoms with van der Waals surface area (Å²) in [6, 6.07) is 7.98. The lowest BCUT2D eigenvalue weighted by atomic mass is 10.1. The molecule has 0 radical (unpaired) electrons. The average Bonchev–Trinajstić information content (AvgIpc) is 2.38. The van der Waals surface area contributed by atoms with Crippen LogP contribution in [0.1, 0.15) is 25.5 Å². The second-order valence-corrected chi connectivity index (χ2v) is 5.81. The molecule has 118 valence electrons. The van der Waals surface area contributed by atoms with Crippen molar-refractivity contribution >= 4 is 29.9 Å². The van der Waals surface area contributed by atoms with Crippen molar-refractivity contribution in [1.29, 1.82) is 0 Å². The van der Waals surface area contributed by atoms with Crippen molar-refractivity contribution in [1.82, 2.24) is 15.5 Å². The van der Waals surface area contributed by atoms with Crippen LogP contribution in [0.15, 0.2) is 24.3 Å². The van der Waals surface area contributed by atoms with E-state index in [2.05, 4.69) is 22.5 Å². The first-order valence-electron chi connectivity index (χ1n) is 7.06. The van der Waals surface area contributed by atoms with Crippen LogP contribution >= 0.6 is 24.0 Å². The molecule has 2 rings (SSSR count). The summed E-state index contributed by atoms with van der Waals surface area (Å²) in [7, 11) is 0. The van der Waals surface area contributed by atoms with Gasteiger partial charge >= 0.3 is 0 Å². The molecule has 1 heterocycles. The number of piperazine rings is 1. The summed E-state index contributed by atoms with van der Waals surface area (Å²) in [5, 5.41) is 7.07. The summed E-state index contributed by atoms with van der Waals surface area (Å²) in [6.45, 7) is 7.30. The molecule has 1 saturated heterocycles. The van der Waals surface area contributed by atoms with E-state index in [1.54, 1.807) is 0 Å². The fourth-order valence-electron chi connectivity index (χ4n) is 2.55. The van der Waals surface area contributed by atoms with Crippen LogP contribution in [-0.4, -0.2) is 43.0 Å². The molecule has 1 fully saturated rings. The minimum atomic E-state index is -0.0726. The van der Waals surface area contributed by atoms with Crippen molar-refractivity contribution in [2.24, 2.45) is 0 Å². The summed E-state index contributed by atoms with van der Waals surface area (Å²) in [6.07, 6.45) is 0. The van der Waals surface area contributed by atoms with Crippen LogP contribution in [0.25, 0.3) is 0 Å². The second kappa shape index (κ2) is 8.59. The number of benzene rings is 1. The first kappa shape index (κ1) is 18.2. The molecule has 1 aliphatic heterocycles. The van der Waals surface area contributed by atoms with E-state index in [0.29, 0.717) is 17.6 Å². The van der Waals surface area contributed by atoms with Crippen molar-refractivity contribution in [3.8, 4) is 0 Å². The maximum Gasteiger partial charge on any atom is 0.234 e. The molecular formula is C15H23Cl2N3O. The average molecular weight is 332 g/mol. The highest BCUT2D eigenvalue weighted by Crippen LogP contribution is 2.21. The summed E-state index contributed by atoms with van der Waals surface area (Å²) < 4.78 is 0. The predicted molar refractivity (Wildman–Crippen MR) is 89.2 cm³/mol. The lowest BCUT2D eigenvalue weighted by Crippen LogP contribution is -2.51. The normalized spacial score (nSPS) is 20.4. The van der Waals surface area contributed by atoms with Crippen LogP contribution < -0.4 is 10.6 Å². The second-order valence-electron chi connectivity index (χ2n) is 5.40. The van der Waals surface area contributed by atoms with Crippen LogP contribution in [0, 0.1) is 0 Å². The maximum atomic E-state index is 12.1. The van der Waals surface area contributed by atoms with Crippen LogP contribution in [-0.2, 0) is 4.79 Å². The highest BCUT2D eigenvalue weighted by atomic mass is 35.5. The van der Waals surface area contributed by atoms with Crippen molar-refractivity contribution in [2.45, 2.75) is 25.9 Å². The Kier molecular flexibility index (Phi) is 7.46. The number of carbonyl (C=O) groups is 1. The van der Waals surface area contributed by atoms with Crippen molar-refractivity contribution in [2.75, 3.05) is 26.2 Å². The highest BCUT2D eigenvalue weighted by molar-refractivity contribution is 6.31. The summed E-state index contributed by atoms with van der Waals surface area (Å²) in [5.41, 5.74) is 0.955. The molecule has 1 aromatic rings. The zero-order valence-electron chi connectivity index (χ0n) is 12.4. The number of amides is 1. The smallest absolute Gasteiger partial charge is 0.234 e. The molecule has 0 saturated carbocycles. The Morgan fingerprint density at radius 1 is 1.52 bits per heavy atom. The van der Waals surface area contributed by atoms with E-state index in [4.69, 9.17) is 11.6 Å². The molecule has 2 atom stereocenters. The van der Waals surface area contributed by atoms with Gasteiger partial charge in [0.25, 0.3) is 0 Å². The number of hydrogen-bond acceptors (Lipinski definition) is 3. The van der Waals surface area contributed by atoms with Gasteiger partial charge in [-0.3, -0.25) is 9.69 Å². The highest BCUT2D eigenvalue weighted by Gasteiger charge is 2.19.